The average Bonchev–Trinajstić information content (AvgIpc) is 2.88. The van der Waals surface area contributed by atoms with Gasteiger partial charge in [0, 0.05) is 25.2 Å². The number of benzene rings is 2. The van der Waals surface area contributed by atoms with Crippen LogP contribution in [0.15, 0.2) is 47.4 Å². The maximum absolute atomic E-state index is 12.7. The van der Waals surface area contributed by atoms with E-state index in [1.165, 1.54) is 0 Å². The van der Waals surface area contributed by atoms with Crippen LogP contribution in [0.1, 0.15) is 29.5 Å². The molecule has 176 valence electrons. The van der Waals surface area contributed by atoms with Gasteiger partial charge in [-0.15, -0.1) is 0 Å². The van der Waals surface area contributed by atoms with Gasteiger partial charge in [-0.3, -0.25) is 4.72 Å². The van der Waals surface area contributed by atoms with Crippen LogP contribution < -0.4 is 4.72 Å². The summed E-state index contributed by atoms with van der Waals surface area (Å²) in [7, 11) is -4.08. The number of sulfonamides is 1. The molecule has 0 aliphatic carbocycles. The Morgan fingerprint density at radius 1 is 0.875 bits per heavy atom. The molecular weight excluding hydrogens is 458 g/mol. The van der Waals surface area contributed by atoms with Crippen LogP contribution in [-0.4, -0.2) is 39.1 Å². The summed E-state index contributed by atoms with van der Waals surface area (Å²) in [6.07, 6.45) is -8.35. The molecule has 0 saturated heterocycles. The summed E-state index contributed by atoms with van der Waals surface area (Å²) in [5.41, 5.74) is 1.20. The van der Waals surface area contributed by atoms with E-state index in [0.717, 1.165) is 23.3 Å². The first kappa shape index (κ1) is 24.4. The summed E-state index contributed by atoms with van der Waals surface area (Å²) in [6.45, 7) is 1.50. The molecule has 32 heavy (non-hydrogen) atoms. The van der Waals surface area contributed by atoms with Gasteiger partial charge in [-0.05, 0) is 73.3 Å². The first-order valence-corrected chi connectivity index (χ1v) is 11.4. The van der Waals surface area contributed by atoms with Gasteiger partial charge >= 0.3 is 12.4 Å². The molecule has 1 N–H and O–H groups in total. The van der Waals surface area contributed by atoms with Gasteiger partial charge in [0.2, 0.25) is 0 Å². The average molecular weight is 480 g/mol. The summed E-state index contributed by atoms with van der Waals surface area (Å²) in [5.74, 6) is 0. The second-order valence-corrected chi connectivity index (χ2v) is 9.35. The van der Waals surface area contributed by atoms with Gasteiger partial charge in [-0.1, -0.05) is 6.07 Å². The normalized spacial score (nSPS) is 15.8. The zero-order chi connectivity index (χ0) is 23.6. The van der Waals surface area contributed by atoms with Gasteiger partial charge < -0.3 is 4.90 Å². The molecule has 0 bridgehead atoms. The van der Waals surface area contributed by atoms with E-state index in [0.29, 0.717) is 44.6 Å². The van der Waals surface area contributed by atoms with Crippen molar-refractivity contribution in [3.63, 3.8) is 0 Å². The van der Waals surface area contributed by atoms with Crippen LogP contribution in [-0.2, 0) is 29.0 Å². The molecule has 1 aliphatic heterocycles. The number of nitrogens with one attached hydrogen (secondary N) is 1. The Kier molecular flexibility index (Phi) is 7.09. The van der Waals surface area contributed by atoms with Gasteiger partial charge in [0.25, 0.3) is 10.0 Å². The minimum atomic E-state index is -4.56. The van der Waals surface area contributed by atoms with E-state index in [1.807, 2.05) is 4.90 Å². The molecule has 3 rings (SSSR count). The fraction of sp³-hybridized carbons (Fsp3) is 0.429. The van der Waals surface area contributed by atoms with Crippen molar-refractivity contribution in [1.82, 2.24) is 4.90 Å². The van der Waals surface area contributed by atoms with Crippen molar-refractivity contribution >= 4 is 15.7 Å². The highest BCUT2D eigenvalue weighted by Gasteiger charge is 2.31. The lowest BCUT2D eigenvalue weighted by Crippen LogP contribution is -2.28. The third kappa shape index (κ3) is 6.61. The summed E-state index contributed by atoms with van der Waals surface area (Å²) in [6, 6.07) is 8.20. The molecule has 0 unspecified atom stereocenters. The molecule has 0 atom stereocenters. The van der Waals surface area contributed by atoms with Gasteiger partial charge in [0.1, 0.15) is 0 Å². The minimum absolute atomic E-state index is 0.0258. The van der Waals surface area contributed by atoms with Crippen molar-refractivity contribution in [2.75, 3.05) is 24.4 Å². The fourth-order valence-corrected chi connectivity index (χ4v) is 4.65. The van der Waals surface area contributed by atoms with E-state index in [1.54, 1.807) is 18.2 Å². The second-order valence-electron chi connectivity index (χ2n) is 7.67. The summed E-state index contributed by atoms with van der Waals surface area (Å²) in [5, 5.41) is 0. The summed E-state index contributed by atoms with van der Waals surface area (Å²) >= 11 is 0. The Labute approximate surface area is 182 Å². The van der Waals surface area contributed by atoms with Crippen molar-refractivity contribution in [2.45, 2.75) is 42.9 Å². The van der Waals surface area contributed by atoms with E-state index in [2.05, 4.69) is 4.72 Å². The van der Waals surface area contributed by atoms with E-state index < -0.39 is 34.4 Å². The molecule has 2 aromatic carbocycles. The SMILES string of the molecule is O=S(=O)(Nc1ccc2c(c1)CCN(CCCC(F)(F)F)CC2)c1ccc(C(F)(F)F)cc1. The molecule has 1 heterocycles. The monoisotopic (exact) mass is 480 g/mol. The van der Waals surface area contributed by atoms with Crippen LogP contribution in [0.25, 0.3) is 0 Å². The summed E-state index contributed by atoms with van der Waals surface area (Å²) in [4.78, 5) is 1.66. The molecule has 0 saturated carbocycles. The highest BCUT2D eigenvalue weighted by molar-refractivity contribution is 7.92. The number of fused-ring (bicyclic) bond motifs is 1. The molecule has 0 spiro atoms. The Hall–Kier alpha value is -2.27. The smallest absolute Gasteiger partial charge is 0.303 e. The largest absolute Gasteiger partial charge is 0.416 e. The molecule has 0 aromatic heterocycles. The third-order valence-electron chi connectivity index (χ3n) is 5.28. The molecule has 11 heteroatoms. The number of anilines is 1. The van der Waals surface area contributed by atoms with Crippen LogP contribution in [0.2, 0.25) is 0 Å². The maximum atomic E-state index is 12.7. The lowest BCUT2D eigenvalue weighted by atomic mass is 10.0. The lowest BCUT2D eigenvalue weighted by molar-refractivity contribution is -0.138. The summed E-state index contributed by atoms with van der Waals surface area (Å²) < 4.78 is 103. The molecule has 0 fully saturated rings. The lowest BCUT2D eigenvalue weighted by Gasteiger charge is -2.19. The van der Waals surface area contributed by atoms with Crippen molar-refractivity contribution in [3.8, 4) is 0 Å². The number of nitrogens with zero attached hydrogens (tertiary/aromatic N) is 1. The molecule has 4 nitrogen and oxygen atoms in total. The van der Waals surface area contributed by atoms with Crippen LogP contribution in [0.3, 0.4) is 0 Å². The highest BCUT2D eigenvalue weighted by atomic mass is 32.2. The minimum Gasteiger partial charge on any atom is -0.303 e. The van der Waals surface area contributed by atoms with E-state index in [4.69, 9.17) is 0 Å². The van der Waals surface area contributed by atoms with Crippen LogP contribution in [0.4, 0.5) is 32.0 Å². The molecule has 1 aliphatic rings. The standard InChI is InChI=1S/C21H22F6N2O2S/c22-20(23,24)10-1-11-29-12-8-15-2-5-18(14-16(15)9-13-29)28-32(30,31)19-6-3-17(4-7-19)21(25,26)27/h2-7,14,28H,1,8-13H2. The fourth-order valence-electron chi connectivity index (χ4n) is 3.60. The third-order valence-corrected chi connectivity index (χ3v) is 6.68. The maximum Gasteiger partial charge on any atom is 0.416 e. The topological polar surface area (TPSA) is 49.4 Å². The second kappa shape index (κ2) is 9.30. The van der Waals surface area contributed by atoms with Gasteiger partial charge in [0.05, 0.1) is 10.5 Å². The molecule has 2 aromatic rings. The highest BCUT2D eigenvalue weighted by Crippen LogP contribution is 2.30. The van der Waals surface area contributed by atoms with Gasteiger partial charge in [-0.25, -0.2) is 8.42 Å². The first-order valence-electron chi connectivity index (χ1n) is 9.94. The number of rotatable bonds is 6. The zero-order valence-corrected chi connectivity index (χ0v) is 17.7. The van der Waals surface area contributed by atoms with Crippen LogP contribution in [0.5, 0.6) is 0 Å². The van der Waals surface area contributed by atoms with E-state index >= 15 is 0 Å². The van der Waals surface area contributed by atoms with Gasteiger partial charge in [-0.2, -0.15) is 26.3 Å². The first-order chi connectivity index (χ1) is 14.8. The quantitative estimate of drug-likeness (QED) is 0.575. The number of hydrogen-bond donors (Lipinski definition) is 1. The predicted molar refractivity (Wildman–Crippen MR) is 108 cm³/mol. The molecule has 0 radical (unpaired) electrons. The number of hydrogen-bond acceptors (Lipinski definition) is 3. The van der Waals surface area contributed by atoms with Crippen LogP contribution in [0, 0.1) is 0 Å². The van der Waals surface area contributed by atoms with Crippen molar-refractivity contribution in [1.29, 1.82) is 0 Å². The zero-order valence-electron chi connectivity index (χ0n) is 16.9. The Morgan fingerprint density at radius 2 is 1.50 bits per heavy atom. The van der Waals surface area contributed by atoms with E-state index in [-0.39, 0.29) is 17.0 Å². The van der Waals surface area contributed by atoms with E-state index in [9.17, 15) is 34.8 Å². The molecular formula is C21H22F6N2O2S. The van der Waals surface area contributed by atoms with Gasteiger partial charge in [0.15, 0.2) is 0 Å². The Balaban J connectivity index is 1.66. The Morgan fingerprint density at radius 3 is 2.09 bits per heavy atom. The van der Waals surface area contributed by atoms with Crippen molar-refractivity contribution in [3.05, 3.63) is 59.2 Å². The van der Waals surface area contributed by atoms with Crippen LogP contribution >= 0.6 is 0 Å². The van der Waals surface area contributed by atoms with Crippen molar-refractivity contribution in [2.24, 2.45) is 0 Å². The van der Waals surface area contributed by atoms with Crippen molar-refractivity contribution < 1.29 is 34.8 Å². The predicted octanol–water partition coefficient (Wildman–Crippen LogP) is 5.25. The number of alkyl halides is 6. The number of halogens is 6. The Bertz CT molecular complexity index is 1030. The molecule has 0 amide bonds.